The molecule has 4 heteroatoms. The predicted octanol–water partition coefficient (Wildman–Crippen LogP) is 21.6. The first kappa shape index (κ1) is 56.8. The van der Waals surface area contributed by atoms with Crippen molar-refractivity contribution in [3.63, 3.8) is 0 Å². The van der Waals surface area contributed by atoms with Crippen LogP contribution in [0, 0.1) is 5.41 Å². The third-order valence-electron chi connectivity index (χ3n) is 20.1. The Labute approximate surface area is 537 Å². The Kier molecular flexibility index (Phi) is 12.8. The second-order valence-corrected chi connectivity index (χ2v) is 30.6. The second-order valence-electron chi connectivity index (χ2n) is 30.6. The van der Waals surface area contributed by atoms with E-state index < -0.39 is 0 Å². The van der Waals surface area contributed by atoms with Crippen LogP contribution in [0.5, 0.6) is 11.5 Å². The van der Waals surface area contributed by atoms with Gasteiger partial charge in [-0.25, -0.2) is 0 Å². The van der Waals surface area contributed by atoms with Crippen molar-refractivity contribution in [1.82, 2.24) is 4.57 Å². The normalized spacial score (nSPS) is 13.5. The minimum Gasteiger partial charge on any atom is -0.458 e. The van der Waals surface area contributed by atoms with E-state index in [1.807, 2.05) is 0 Å². The maximum atomic E-state index is 7.59. The Bertz CT molecular complexity index is 5130. The fourth-order valence-electron chi connectivity index (χ4n) is 15.6. The van der Waals surface area contributed by atoms with Gasteiger partial charge in [-0.1, -0.05) is 253 Å². The third kappa shape index (κ3) is 9.45. The molecule has 2 aliphatic rings. The number of nitrogens with zero attached hydrogens (tertiary/aromatic N) is 2. The quantitative estimate of drug-likeness (QED) is 0.0857. The van der Waals surface area contributed by atoms with E-state index in [2.05, 4.69) is 317 Å². The first-order valence-electron chi connectivity index (χ1n) is 33.0. The van der Waals surface area contributed by atoms with E-state index in [1.165, 1.54) is 148 Å². The van der Waals surface area contributed by atoms with Crippen molar-refractivity contribution in [2.75, 3.05) is 11.4 Å². The molecule has 0 atom stereocenters. The zero-order chi connectivity index (χ0) is 62.6. The standard InChI is InChI=1S/C87H79BN2O/c1-84(2,3)52-53-44-77-83-79(45-53)91-78-46-58(63-37-32-57-28-20-30-66-65-29-19-26-56-27-21-31-67(80(56)65)82(63)81(57)66)33-38-73(78)88(83)72-39-36-62(90-74-40-34-59(85(4,5)6)47-70(74)71-48-60(86(7,8)9)35-41-75(71)90)51-76(72)89(77)43-42-64-68(54-22-15-13-16-23-54)49-61(87(10,11)12)50-69(64)55-24-17-14-18-25-55/h13-41,44-51H,42-43,52H2,1-12H3. The van der Waals surface area contributed by atoms with Gasteiger partial charge in [-0.15, -0.1) is 0 Å². The van der Waals surface area contributed by atoms with Crippen molar-refractivity contribution in [3.8, 4) is 50.6 Å². The molecular weight excluding hydrogens is 1100 g/mol. The first-order chi connectivity index (χ1) is 43.6. The molecule has 3 heterocycles. The zero-order valence-corrected chi connectivity index (χ0v) is 54.9. The lowest BCUT2D eigenvalue weighted by Crippen LogP contribution is -2.60. The van der Waals surface area contributed by atoms with Crippen molar-refractivity contribution in [1.29, 1.82) is 0 Å². The molecule has 0 aliphatic carbocycles. The molecule has 1 aromatic heterocycles. The number of fused-ring (bicyclic) bond motifs is 9. The summed E-state index contributed by atoms with van der Waals surface area (Å²) in [5, 5.41) is 12.9. The van der Waals surface area contributed by atoms with Crippen molar-refractivity contribution in [2.24, 2.45) is 5.41 Å². The molecule has 0 radical (unpaired) electrons. The molecule has 0 N–H and O–H groups in total. The highest BCUT2D eigenvalue weighted by Gasteiger charge is 2.43. The predicted molar refractivity (Wildman–Crippen MR) is 392 cm³/mol. The number of aromatic nitrogens is 1. The van der Waals surface area contributed by atoms with Gasteiger partial charge >= 0.3 is 0 Å². The maximum absolute atomic E-state index is 7.59. The third-order valence-corrected chi connectivity index (χ3v) is 20.1. The average molecular weight is 1180 g/mol. The van der Waals surface area contributed by atoms with Gasteiger partial charge in [0, 0.05) is 34.4 Å². The van der Waals surface area contributed by atoms with Gasteiger partial charge in [-0.2, -0.15) is 0 Å². The molecule has 446 valence electrons. The molecule has 0 amide bonds. The highest BCUT2D eigenvalue weighted by atomic mass is 16.5. The maximum Gasteiger partial charge on any atom is 0.256 e. The number of ether oxygens (including phenoxy) is 1. The van der Waals surface area contributed by atoms with E-state index in [0.717, 1.165) is 42.1 Å². The van der Waals surface area contributed by atoms with Gasteiger partial charge < -0.3 is 14.2 Å². The van der Waals surface area contributed by atoms with Gasteiger partial charge in [0.05, 0.1) is 11.0 Å². The molecular formula is C87H79BN2O. The first-order valence-corrected chi connectivity index (χ1v) is 33.0. The van der Waals surface area contributed by atoms with E-state index in [9.17, 15) is 0 Å². The van der Waals surface area contributed by atoms with Crippen LogP contribution in [-0.4, -0.2) is 17.8 Å². The minimum atomic E-state index is -0.0957. The van der Waals surface area contributed by atoms with E-state index in [4.69, 9.17) is 4.74 Å². The smallest absolute Gasteiger partial charge is 0.256 e. The fourth-order valence-corrected chi connectivity index (χ4v) is 15.6. The van der Waals surface area contributed by atoms with Gasteiger partial charge in [0.2, 0.25) is 0 Å². The Morgan fingerprint density at radius 3 is 1.55 bits per heavy atom. The molecule has 16 rings (SSSR count). The highest BCUT2D eigenvalue weighted by Crippen LogP contribution is 2.48. The van der Waals surface area contributed by atoms with E-state index >= 15 is 0 Å². The van der Waals surface area contributed by atoms with Crippen LogP contribution in [0.2, 0.25) is 0 Å². The number of benzene rings is 13. The van der Waals surface area contributed by atoms with Gasteiger partial charge in [0.15, 0.2) is 0 Å². The summed E-state index contributed by atoms with van der Waals surface area (Å²) in [4.78, 5) is 2.70. The largest absolute Gasteiger partial charge is 0.458 e. The number of rotatable bonds is 8. The number of anilines is 2. The summed E-state index contributed by atoms with van der Waals surface area (Å²) in [6, 6.07) is 86.2. The zero-order valence-electron chi connectivity index (χ0n) is 54.9. The van der Waals surface area contributed by atoms with Crippen LogP contribution in [0.1, 0.15) is 111 Å². The lowest BCUT2D eigenvalue weighted by molar-refractivity contribution is 0.410. The van der Waals surface area contributed by atoms with E-state index in [0.29, 0.717) is 0 Å². The monoisotopic (exact) mass is 1180 g/mol. The second kappa shape index (κ2) is 20.6. The Morgan fingerprint density at radius 1 is 0.385 bits per heavy atom. The van der Waals surface area contributed by atoms with Gasteiger partial charge in [0.25, 0.3) is 6.71 Å². The molecule has 13 aromatic carbocycles. The van der Waals surface area contributed by atoms with Crippen LogP contribution in [0.25, 0.3) is 104 Å². The van der Waals surface area contributed by atoms with Crippen molar-refractivity contribution in [3.05, 3.63) is 252 Å². The molecule has 3 nitrogen and oxygen atoms in total. The SMILES string of the molecule is CC(C)(C)Cc1cc2c3c(c1)N(CCc1c(-c4ccccc4)cc(C(C)(C)C)cc1-c1ccccc1)c1cc(-n4c5ccc(C(C)(C)C)cc5c5cc(C(C)(C)C)ccc54)ccc1B3c1ccc(-c3ccc4cccc5c6cccc7cccc(c3c45)c76)cc1O2. The average Bonchev–Trinajstić information content (AvgIpc) is 0.756. The lowest BCUT2D eigenvalue weighted by atomic mass is 9.34. The summed E-state index contributed by atoms with van der Waals surface area (Å²) in [6.45, 7) is 28.7. The lowest BCUT2D eigenvalue weighted by Gasteiger charge is -2.41. The highest BCUT2D eigenvalue weighted by molar-refractivity contribution is 6.99. The Balaban J connectivity index is 0.938. The number of hydrogen-bond acceptors (Lipinski definition) is 2. The van der Waals surface area contributed by atoms with Crippen molar-refractivity contribution >= 4 is 99.4 Å². The summed E-state index contributed by atoms with van der Waals surface area (Å²) < 4.78 is 10.1. The fraction of sp³-hybridized carbons (Fsp3) is 0.218. The molecule has 0 unspecified atom stereocenters. The molecule has 0 spiro atoms. The number of hydrogen-bond donors (Lipinski definition) is 0. The van der Waals surface area contributed by atoms with Crippen LogP contribution >= 0.6 is 0 Å². The molecule has 0 bridgehead atoms. The van der Waals surface area contributed by atoms with Crippen molar-refractivity contribution < 1.29 is 4.74 Å². The summed E-state index contributed by atoms with van der Waals surface area (Å²) >= 11 is 0. The Morgan fingerprint density at radius 2 is 0.956 bits per heavy atom. The van der Waals surface area contributed by atoms with Crippen LogP contribution < -0.4 is 26.0 Å². The molecule has 0 saturated heterocycles. The topological polar surface area (TPSA) is 17.4 Å². The van der Waals surface area contributed by atoms with Gasteiger partial charge in [-0.05, 0) is 210 Å². The van der Waals surface area contributed by atoms with Gasteiger partial charge in [0.1, 0.15) is 11.5 Å². The van der Waals surface area contributed by atoms with Crippen molar-refractivity contribution in [2.45, 2.75) is 112 Å². The molecule has 14 aromatic rings. The van der Waals surface area contributed by atoms with E-state index in [-0.39, 0.29) is 28.4 Å². The van der Waals surface area contributed by atoms with E-state index in [1.54, 1.807) is 0 Å². The van der Waals surface area contributed by atoms with Crippen LogP contribution in [0.4, 0.5) is 11.4 Å². The van der Waals surface area contributed by atoms with Crippen LogP contribution in [-0.2, 0) is 29.1 Å². The van der Waals surface area contributed by atoms with Crippen LogP contribution in [0.3, 0.4) is 0 Å². The molecule has 2 aliphatic heterocycles. The molecule has 0 saturated carbocycles. The summed E-state index contributed by atoms with van der Waals surface area (Å²) in [7, 11) is 0. The summed E-state index contributed by atoms with van der Waals surface area (Å²) in [5.74, 6) is 1.86. The summed E-state index contributed by atoms with van der Waals surface area (Å²) in [5.41, 5.74) is 23.7. The molecule has 91 heavy (non-hydrogen) atoms. The minimum absolute atomic E-state index is 0.0143. The molecule has 0 fully saturated rings. The van der Waals surface area contributed by atoms with Gasteiger partial charge in [-0.3, -0.25) is 0 Å². The summed E-state index contributed by atoms with van der Waals surface area (Å²) in [6.07, 6.45) is 1.69. The Hall–Kier alpha value is -9.38. The van der Waals surface area contributed by atoms with Crippen LogP contribution in [0.15, 0.2) is 224 Å².